The van der Waals surface area contributed by atoms with Gasteiger partial charge in [-0.05, 0) is 42.4 Å². The van der Waals surface area contributed by atoms with Gasteiger partial charge in [-0.2, -0.15) is 13.2 Å². The van der Waals surface area contributed by atoms with Gasteiger partial charge < -0.3 is 25.6 Å². The van der Waals surface area contributed by atoms with E-state index in [4.69, 9.17) is 16.3 Å². The summed E-state index contributed by atoms with van der Waals surface area (Å²) in [4.78, 5) is 25.7. The molecule has 0 spiro atoms. The molecule has 1 fully saturated rings. The Morgan fingerprint density at radius 2 is 1.88 bits per heavy atom. The molecule has 9 nitrogen and oxygen atoms in total. The van der Waals surface area contributed by atoms with Gasteiger partial charge >= 0.3 is 6.18 Å². The fraction of sp³-hybridized carbons (Fsp3) is 0.370. The van der Waals surface area contributed by atoms with Crippen LogP contribution in [-0.2, 0) is 12.7 Å². The Kier molecular flexibility index (Phi) is 8.29. The molecule has 40 heavy (non-hydrogen) atoms. The molecule has 0 bridgehead atoms. The minimum atomic E-state index is -4.56. The van der Waals surface area contributed by atoms with Gasteiger partial charge in [-0.3, -0.25) is 9.69 Å². The number of carbonyl (C=O) groups excluding carboxylic acids is 1. The fourth-order valence-corrected chi connectivity index (χ4v) is 4.87. The molecule has 0 radical (unpaired) electrons. The van der Waals surface area contributed by atoms with E-state index in [1.807, 2.05) is 4.90 Å². The van der Waals surface area contributed by atoms with Crippen molar-refractivity contribution in [1.82, 2.24) is 19.8 Å². The van der Waals surface area contributed by atoms with Crippen LogP contribution in [0, 0.1) is 0 Å². The quantitative estimate of drug-likeness (QED) is 0.359. The van der Waals surface area contributed by atoms with Gasteiger partial charge in [-0.1, -0.05) is 24.6 Å². The molecular weight excluding hydrogens is 547 g/mol. The van der Waals surface area contributed by atoms with Crippen LogP contribution in [0.2, 0.25) is 5.02 Å². The number of halogens is 4. The number of ether oxygens (including phenoxy) is 1. The van der Waals surface area contributed by atoms with E-state index in [0.29, 0.717) is 54.3 Å². The van der Waals surface area contributed by atoms with E-state index in [9.17, 15) is 18.0 Å². The zero-order valence-corrected chi connectivity index (χ0v) is 22.6. The molecule has 3 heterocycles. The maximum Gasteiger partial charge on any atom is 0.416 e. The van der Waals surface area contributed by atoms with Gasteiger partial charge in [0.1, 0.15) is 12.9 Å². The third-order valence-corrected chi connectivity index (χ3v) is 7.24. The van der Waals surface area contributed by atoms with E-state index >= 15 is 0 Å². The molecule has 1 saturated heterocycles. The Morgan fingerprint density at radius 3 is 2.62 bits per heavy atom. The summed E-state index contributed by atoms with van der Waals surface area (Å²) >= 11 is 6.35. The number of carbonyl (C=O) groups is 1. The first-order valence-corrected chi connectivity index (χ1v) is 13.3. The van der Waals surface area contributed by atoms with Gasteiger partial charge in [0.15, 0.2) is 11.6 Å². The van der Waals surface area contributed by atoms with Crippen molar-refractivity contribution in [3.63, 3.8) is 0 Å². The molecule has 0 saturated carbocycles. The van der Waals surface area contributed by atoms with Crippen molar-refractivity contribution in [3.8, 4) is 5.75 Å². The molecule has 13 heteroatoms. The number of hydrogen-bond acceptors (Lipinski definition) is 8. The second-order valence-corrected chi connectivity index (χ2v) is 9.94. The predicted octanol–water partition coefficient (Wildman–Crippen LogP) is 5.09. The third-order valence-electron chi connectivity index (χ3n) is 6.91. The number of hydrogen-bond donors (Lipinski definition) is 3. The molecule has 0 aliphatic carbocycles. The van der Waals surface area contributed by atoms with Gasteiger partial charge in [-0.25, -0.2) is 9.97 Å². The number of anilines is 4. The lowest BCUT2D eigenvalue weighted by molar-refractivity contribution is -0.138. The Morgan fingerprint density at radius 1 is 1.10 bits per heavy atom. The second kappa shape index (κ2) is 11.9. The summed E-state index contributed by atoms with van der Waals surface area (Å²) < 4.78 is 47.6. The minimum absolute atomic E-state index is 0.0469. The number of rotatable bonds is 7. The number of alkyl halides is 3. The maximum atomic E-state index is 14.0. The van der Waals surface area contributed by atoms with Gasteiger partial charge in [0.05, 0.1) is 22.8 Å². The highest BCUT2D eigenvalue weighted by atomic mass is 35.5. The lowest BCUT2D eigenvalue weighted by Gasteiger charge is -2.34. The Labute approximate surface area is 234 Å². The first-order chi connectivity index (χ1) is 19.2. The maximum absolute atomic E-state index is 14.0. The number of nitrogens with zero attached hydrogens (tertiary/aromatic N) is 4. The zero-order valence-electron chi connectivity index (χ0n) is 21.8. The highest BCUT2D eigenvalue weighted by Gasteiger charge is 2.34. The van der Waals surface area contributed by atoms with Crippen LogP contribution in [0.25, 0.3) is 0 Å². The number of nitrogens with one attached hydrogen (secondary N) is 3. The van der Waals surface area contributed by atoms with Crippen LogP contribution in [0.5, 0.6) is 5.75 Å². The van der Waals surface area contributed by atoms with E-state index < -0.39 is 17.6 Å². The second-order valence-electron chi connectivity index (χ2n) is 9.53. The predicted molar refractivity (Wildman–Crippen MR) is 148 cm³/mol. The van der Waals surface area contributed by atoms with E-state index in [0.717, 1.165) is 25.7 Å². The van der Waals surface area contributed by atoms with Crippen molar-refractivity contribution in [2.75, 3.05) is 61.8 Å². The number of benzene rings is 2. The average Bonchev–Trinajstić information content (AvgIpc) is 2.95. The van der Waals surface area contributed by atoms with E-state index in [1.54, 1.807) is 0 Å². The highest BCUT2D eigenvalue weighted by molar-refractivity contribution is 6.33. The number of piperazine rings is 1. The van der Waals surface area contributed by atoms with Crippen molar-refractivity contribution < 1.29 is 22.7 Å². The van der Waals surface area contributed by atoms with Crippen LogP contribution < -0.4 is 20.7 Å². The number of amides is 1. The molecule has 212 valence electrons. The monoisotopic (exact) mass is 575 g/mol. The highest BCUT2D eigenvalue weighted by Crippen LogP contribution is 2.36. The fourth-order valence-electron chi connectivity index (χ4n) is 4.70. The molecule has 3 N–H and O–H groups in total. The minimum Gasteiger partial charge on any atom is -0.485 e. The summed E-state index contributed by atoms with van der Waals surface area (Å²) in [5.74, 6) is 0.727. The van der Waals surface area contributed by atoms with Crippen molar-refractivity contribution >= 4 is 40.5 Å². The van der Waals surface area contributed by atoms with Gasteiger partial charge in [0, 0.05) is 44.0 Å². The van der Waals surface area contributed by atoms with Crippen molar-refractivity contribution in [2.45, 2.75) is 19.6 Å². The molecule has 1 aromatic heterocycles. The summed E-state index contributed by atoms with van der Waals surface area (Å²) in [6, 6.07) is 8.43. The van der Waals surface area contributed by atoms with Gasteiger partial charge in [0.25, 0.3) is 5.91 Å². The van der Waals surface area contributed by atoms with Crippen molar-refractivity contribution in [2.24, 2.45) is 0 Å². The summed E-state index contributed by atoms with van der Waals surface area (Å²) in [5, 5.41) is 9.07. The number of likely N-dealkylation sites (N-methyl/N-ethyl adjacent to an activating group) is 1. The van der Waals surface area contributed by atoms with Crippen molar-refractivity contribution in [1.29, 1.82) is 0 Å². The Balaban J connectivity index is 1.32. The topological polar surface area (TPSA) is 94.7 Å². The molecule has 0 atom stereocenters. The Hall–Kier alpha value is -3.61. The van der Waals surface area contributed by atoms with E-state index in [2.05, 4.69) is 37.7 Å². The third kappa shape index (κ3) is 6.40. The molecule has 2 aromatic carbocycles. The van der Waals surface area contributed by atoms with Crippen LogP contribution in [0.3, 0.4) is 0 Å². The molecule has 3 aromatic rings. The Bertz CT molecular complexity index is 1380. The standard InChI is InChI=1S/C27H29ClF3N7O2/c1-2-37-8-10-38(11-9-37)15-18-3-5-19(14-20(18)27(29,30)31)35-26(39)17-4-6-21(28)22(13-17)36-25-23-24(33-16-34-25)32-7-12-40-23/h3-6,13-14,16H,2,7-12,15H2,1H3,(H,35,39)(H2,32,33,34,36). The number of fused-ring (bicyclic) bond motifs is 1. The lowest BCUT2D eigenvalue weighted by Crippen LogP contribution is -2.45. The van der Waals surface area contributed by atoms with Gasteiger partial charge in [-0.15, -0.1) is 0 Å². The van der Waals surface area contributed by atoms with E-state index in [-0.39, 0.29) is 23.4 Å². The van der Waals surface area contributed by atoms with Crippen LogP contribution in [-0.4, -0.2) is 71.6 Å². The first-order valence-electron chi connectivity index (χ1n) is 13.0. The molecule has 5 rings (SSSR count). The van der Waals surface area contributed by atoms with Crippen LogP contribution in [0.4, 0.5) is 36.2 Å². The molecule has 2 aliphatic rings. The largest absolute Gasteiger partial charge is 0.485 e. The van der Waals surface area contributed by atoms with Crippen LogP contribution in [0.15, 0.2) is 42.7 Å². The normalized spacial score (nSPS) is 16.0. The summed E-state index contributed by atoms with van der Waals surface area (Å²) in [6.07, 6.45) is -3.20. The summed E-state index contributed by atoms with van der Waals surface area (Å²) in [6.45, 7) is 7.29. The van der Waals surface area contributed by atoms with Crippen molar-refractivity contribution in [3.05, 3.63) is 64.4 Å². The summed E-state index contributed by atoms with van der Waals surface area (Å²) in [5.41, 5.74) is 0.0343. The van der Waals surface area contributed by atoms with Gasteiger partial charge in [0.2, 0.25) is 5.75 Å². The summed E-state index contributed by atoms with van der Waals surface area (Å²) in [7, 11) is 0. The molecule has 1 amide bonds. The zero-order chi connectivity index (χ0) is 28.3. The number of aromatic nitrogens is 2. The smallest absolute Gasteiger partial charge is 0.416 e. The average molecular weight is 576 g/mol. The first kappa shape index (κ1) is 27.9. The van der Waals surface area contributed by atoms with Crippen LogP contribution >= 0.6 is 11.6 Å². The molecular formula is C27H29ClF3N7O2. The SMILES string of the molecule is CCN1CCN(Cc2ccc(NC(=O)c3ccc(Cl)c(Nc4ncnc5c4OCCN5)c3)cc2C(F)(F)F)CC1. The van der Waals surface area contributed by atoms with Crippen LogP contribution in [0.1, 0.15) is 28.4 Å². The lowest BCUT2D eigenvalue weighted by atomic mass is 10.0. The molecule has 0 unspecified atom stereocenters. The molecule has 2 aliphatic heterocycles. The van der Waals surface area contributed by atoms with E-state index in [1.165, 1.54) is 36.7 Å².